The zero-order chi connectivity index (χ0) is 23.3. The molecule has 2 heteroatoms. The number of benzene rings is 4. The Labute approximate surface area is 200 Å². The zero-order valence-corrected chi connectivity index (χ0v) is 18.9. The van der Waals surface area contributed by atoms with Crippen molar-refractivity contribution in [2.24, 2.45) is 0 Å². The second kappa shape index (κ2) is 9.60. The fourth-order valence-electron chi connectivity index (χ4n) is 4.44. The molecule has 34 heavy (non-hydrogen) atoms. The molecular formula is C32H25NO. The summed E-state index contributed by atoms with van der Waals surface area (Å²) in [6.07, 6.45) is 5.55. The summed E-state index contributed by atoms with van der Waals surface area (Å²) in [5, 5.41) is 1.12. The number of para-hydroxylation sites is 1. The first kappa shape index (κ1) is 21.4. The molecule has 5 aromatic rings. The molecule has 1 heterocycles. The van der Waals surface area contributed by atoms with Crippen molar-refractivity contribution in [3.05, 3.63) is 139 Å². The van der Waals surface area contributed by atoms with Crippen molar-refractivity contribution in [1.29, 1.82) is 0 Å². The van der Waals surface area contributed by atoms with Crippen LogP contribution in [0.4, 0.5) is 0 Å². The molecule has 0 atom stereocenters. The lowest BCUT2D eigenvalue weighted by Crippen LogP contribution is -1.98. The number of allylic oxidation sites excluding steroid dienone is 2. The highest BCUT2D eigenvalue weighted by Crippen LogP contribution is 2.35. The van der Waals surface area contributed by atoms with Gasteiger partial charge in [0.25, 0.3) is 0 Å². The zero-order valence-electron chi connectivity index (χ0n) is 18.9. The van der Waals surface area contributed by atoms with Crippen molar-refractivity contribution in [2.45, 2.75) is 6.54 Å². The van der Waals surface area contributed by atoms with E-state index >= 15 is 0 Å². The maximum absolute atomic E-state index is 13.1. The highest BCUT2D eigenvalue weighted by molar-refractivity contribution is 6.09. The van der Waals surface area contributed by atoms with Crippen molar-refractivity contribution in [2.75, 3.05) is 0 Å². The molecule has 0 radical (unpaired) electrons. The van der Waals surface area contributed by atoms with Crippen LogP contribution in [0.1, 0.15) is 15.9 Å². The van der Waals surface area contributed by atoms with E-state index in [0.29, 0.717) is 12.1 Å². The first-order valence-corrected chi connectivity index (χ1v) is 11.4. The molecule has 0 aliphatic heterocycles. The van der Waals surface area contributed by atoms with E-state index in [1.807, 2.05) is 84.9 Å². The summed E-state index contributed by atoms with van der Waals surface area (Å²) in [6, 6.07) is 36.6. The van der Waals surface area contributed by atoms with Gasteiger partial charge in [0, 0.05) is 28.6 Å². The minimum Gasteiger partial charge on any atom is -0.336 e. The van der Waals surface area contributed by atoms with Gasteiger partial charge in [-0.2, -0.15) is 0 Å². The van der Waals surface area contributed by atoms with Gasteiger partial charge in [-0.25, -0.2) is 0 Å². The fourth-order valence-corrected chi connectivity index (χ4v) is 4.44. The molecule has 1 aromatic heterocycles. The molecule has 0 amide bonds. The summed E-state index contributed by atoms with van der Waals surface area (Å²) >= 11 is 0. The topological polar surface area (TPSA) is 22.0 Å². The molecule has 0 aliphatic carbocycles. The molecule has 0 aliphatic rings. The minimum atomic E-state index is -0.0147. The molecule has 0 fully saturated rings. The van der Waals surface area contributed by atoms with Crippen molar-refractivity contribution < 1.29 is 4.79 Å². The lowest BCUT2D eigenvalue weighted by molar-refractivity contribution is 0.104. The largest absolute Gasteiger partial charge is 0.336 e. The van der Waals surface area contributed by atoms with Crippen LogP contribution in [-0.4, -0.2) is 10.4 Å². The Morgan fingerprint density at radius 2 is 1.29 bits per heavy atom. The summed E-state index contributed by atoms with van der Waals surface area (Å²) in [7, 11) is 0. The Bertz CT molecular complexity index is 1470. The quantitative estimate of drug-likeness (QED) is 0.143. The van der Waals surface area contributed by atoms with Gasteiger partial charge < -0.3 is 4.57 Å². The van der Waals surface area contributed by atoms with E-state index in [1.165, 1.54) is 0 Å². The van der Waals surface area contributed by atoms with E-state index in [4.69, 9.17) is 0 Å². The van der Waals surface area contributed by atoms with Crippen LogP contribution in [0.5, 0.6) is 0 Å². The highest BCUT2D eigenvalue weighted by atomic mass is 16.1. The average Bonchev–Trinajstić information content (AvgIpc) is 3.22. The van der Waals surface area contributed by atoms with E-state index in [9.17, 15) is 4.79 Å². The van der Waals surface area contributed by atoms with Crippen LogP contribution in [0.25, 0.3) is 39.4 Å². The molecule has 4 aromatic carbocycles. The number of carbonyl (C=O) groups excluding carboxylic acids is 1. The molecule has 0 saturated carbocycles. The van der Waals surface area contributed by atoms with Gasteiger partial charge in [0.05, 0.1) is 5.69 Å². The van der Waals surface area contributed by atoms with Crippen LogP contribution >= 0.6 is 0 Å². The minimum absolute atomic E-state index is 0.0147. The Balaban J connectivity index is 1.54. The number of fused-ring (bicyclic) bond motifs is 1. The van der Waals surface area contributed by atoms with Gasteiger partial charge >= 0.3 is 0 Å². The number of hydrogen-bond donors (Lipinski definition) is 0. The summed E-state index contributed by atoms with van der Waals surface area (Å²) in [6.45, 7) is 4.64. The monoisotopic (exact) mass is 439 g/mol. The SMILES string of the molecule is C=CCn1c(-c2ccccc2)c(/C=C/C(=O)c2ccc(-c3ccccc3)cc2)c2ccccc21. The van der Waals surface area contributed by atoms with Gasteiger partial charge in [0.2, 0.25) is 0 Å². The molecule has 0 spiro atoms. The summed E-state index contributed by atoms with van der Waals surface area (Å²) < 4.78 is 2.26. The van der Waals surface area contributed by atoms with E-state index in [2.05, 4.69) is 47.5 Å². The number of aromatic nitrogens is 1. The molecule has 0 N–H and O–H groups in total. The van der Waals surface area contributed by atoms with Crippen LogP contribution in [0.3, 0.4) is 0 Å². The molecule has 164 valence electrons. The third-order valence-corrected chi connectivity index (χ3v) is 6.05. The van der Waals surface area contributed by atoms with E-state index < -0.39 is 0 Å². The van der Waals surface area contributed by atoms with Crippen molar-refractivity contribution in [3.63, 3.8) is 0 Å². The maximum atomic E-state index is 13.1. The molecule has 5 rings (SSSR count). The van der Waals surface area contributed by atoms with E-state index in [1.54, 1.807) is 6.08 Å². The number of hydrogen-bond acceptors (Lipinski definition) is 1. The normalized spacial score (nSPS) is 11.2. The summed E-state index contributed by atoms with van der Waals surface area (Å²) in [5.41, 5.74) is 7.27. The first-order chi connectivity index (χ1) is 16.8. The van der Waals surface area contributed by atoms with Crippen LogP contribution in [-0.2, 0) is 6.54 Å². The molecular weight excluding hydrogens is 414 g/mol. The molecule has 0 saturated heterocycles. The van der Waals surface area contributed by atoms with Gasteiger partial charge in [-0.3, -0.25) is 4.79 Å². The average molecular weight is 440 g/mol. The lowest BCUT2D eigenvalue weighted by atomic mass is 10.0. The van der Waals surface area contributed by atoms with Gasteiger partial charge in [-0.15, -0.1) is 6.58 Å². The Hall–Kier alpha value is -4.43. The van der Waals surface area contributed by atoms with Crippen molar-refractivity contribution >= 4 is 22.8 Å². The van der Waals surface area contributed by atoms with Crippen LogP contribution in [0.2, 0.25) is 0 Å². The van der Waals surface area contributed by atoms with E-state index in [0.717, 1.165) is 38.9 Å². The third kappa shape index (κ3) is 4.14. The number of carbonyl (C=O) groups is 1. The van der Waals surface area contributed by atoms with Gasteiger partial charge in [0.15, 0.2) is 5.78 Å². The fraction of sp³-hybridized carbons (Fsp3) is 0.0312. The second-order valence-corrected chi connectivity index (χ2v) is 8.19. The van der Waals surface area contributed by atoms with Crippen LogP contribution in [0.15, 0.2) is 128 Å². The number of nitrogens with zero attached hydrogens (tertiary/aromatic N) is 1. The maximum Gasteiger partial charge on any atom is 0.185 e. The highest BCUT2D eigenvalue weighted by Gasteiger charge is 2.16. The molecule has 0 bridgehead atoms. The molecule has 2 nitrogen and oxygen atoms in total. The third-order valence-electron chi connectivity index (χ3n) is 6.05. The summed E-state index contributed by atoms with van der Waals surface area (Å²) in [4.78, 5) is 13.1. The standard InChI is InChI=1S/C32H25NO/c1-2-23-33-30-16-10-9-15-28(30)29(32(33)27-13-7-4-8-14-27)21-22-31(34)26-19-17-25(18-20-26)24-11-5-3-6-12-24/h2-22H,1,23H2/b22-21+. The van der Waals surface area contributed by atoms with Crippen molar-refractivity contribution in [1.82, 2.24) is 4.57 Å². The van der Waals surface area contributed by atoms with Gasteiger partial charge in [-0.05, 0) is 34.9 Å². The molecule has 0 unspecified atom stereocenters. The first-order valence-electron chi connectivity index (χ1n) is 11.4. The predicted octanol–water partition coefficient (Wildman–Crippen LogP) is 8.06. The number of ketones is 1. The summed E-state index contributed by atoms with van der Waals surface area (Å²) in [5.74, 6) is -0.0147. The Morgan fingerprint density at radius 3 is 1.97 bits per heavy atom. The lowest BCUT2D eigenvalue weighted by Gasteiger charge is -2.09. The van der Waals surface area contributed by atoms with Crippen molar-refractivity contribution in [3.8, 4) is 22.4 Å². The van der Waals surface area contributed by atoms with E-state index in [-0.39, 0.29) is 5.78 Å². The predicted molar refractivity (Wildman–Crippen MR) is 143 cm³/mol. The Morgan fingerprint density at radius 1 is 0.706 bits per heavy atom. The smallest absolute Gasteiger partial charge is 0.185 e. The second-order valence-electron chi connectivity index (χ2n) is 8.19. The Kier molecular flexibility index (Phi) is 6.05. The van der Waals surface area contributed by atoms with Gasteiger partial charge in [-0.1, -0.05) is 109 Å². The van der Waals surface area contributed by atoms with Crippen LogP contribution < -0.4 is 0 Å². The van der Waals surface area contributed by atoms with Gasteiger partial charge in [0.1, 0.15) is 0 Å². The van der Waals surface area contributed by atoms with Crippen LogP contribution in [0, 0.1) is 0 Å². The number of rotatable bonds is 7.